The van der Waals surface area contributed by atoms with Gasteiger partial charge in [0.25, 0.3) is 5.92 Å². The van der Waals surface area contributed by atoms with Crippen molar-refractivity contribution >= 4 is 0 Å². The second kappa shape index (κ2) is 3.09. The van der Waals surface area contributed by atoms with Gasteiger partial charge in [-0.05, 0) is 18.4 Å². The molecule has 0 aromatic heterocycles. The molecule has 69 valence electrons. The van der Waals surface area contributed by atoms with Crippen LogP contribution in [-0.4, -0.2) is 5.92 Å². The molecule has 0 amide bonds. The Hall–Kier alpha value is -0.920. The van der Waals surface area contributed by atoms with Crippen molar-refractivity contribution < 1.29 is 8.78 Å². The summed E-state index contributed by atoms with van der Waals surface area (Å²) >= 11 is 0. The van der Waals surface area contributed by atoms with E-state index in [9.17, 15) is 8.78 Å². The van der Waals surface area contributed by atoms with Crippen LogP contribution in [0.25, 0.3) is 0 Å². The molecule has 1 aliphatic carbocycles. The molecule has 0 aliphatic heterocycles. The zero-order chi connectivity index (χ0) is 9.31. The highest BCUT2D eigenvalue weighted by atomic mass is 19.3. The summed E-state index contributed by atoms with van der Waals surface area (Å²) in [4.78, 5) is 0. The van der Waals surface area contributed by atoms with Crippen molar-refractivity contribution in [2.45, 2.75) is 25.2 Å². The molecule has 0 unspecified atom stereocenters. The zero-order valence-corrected chi connectivity index (χ0v) is 7.26. The average Bonchev–Trinajstić information content (AvgIpc) is 2.47. The molecular weight excluding hydrogens is 170 g/mol. The largest absolute Gasteiger partial charge is 0.258 e. The van der Waals surface area contributed by atoms with E-state index in [1.54, 1.807) is 24.3 Å². The van der Waals surface area contributed by atoms with Gasteiger partial charge >= 0.3 is 0 Å². The molecule has 0 nitrogen and oxygen atoms in total. The van der Waals surface area contributed by atoms with Crippen LogP contribution in [0.1, 0.15) is 24.8 Å². The molecule has 1 aliphatic rings. The molecular formula is C11H11F2. The molecule has 2 rings (SSSR count). The van der Waals surface area contributed by atoms with E-state index in [4.69, 9.17) is 0 Å². The molecule has 0 N–H and O–H groups in total. The highest BCUT2D eigenvalue weighted by Crippen LogP contribution is 2.45. The fourth-order valence-electron chi connectivity index (χ4n) is 1.82. The van der Waals surface area contributed by atoms with Gasteiger partial charge in [-0.2, -0.15) is 0 Å². The Bertz CT molecular complexity index is 279. The van der Waals surface area contributed by atoms with E-state index in [1.165, 1.54) is 0 Å². The lowest BCUT2D eigenvalue weighted by atomic mass is 9.95. The van der Waals surface area contributed by atoms with Gasteiger partial charge in [0.2, 0.25) is 0 Å². The maximum atomic E-state index is 13.3. The molecule has 1 saturated carbocycles. The minimum atomic E-state index is -2.57. The second-order valence-electron chi connectivity index (χ2n) is 3.40. The van der Waals surface area contributed by atoms with Gasteiger partial charge in [0.1, 0.15) is 0 Å². The topological polar surface area (TPSA) is 0 Å². The van der Waals surface area contributed by atoms with E-state index in [0.29, 0.717) is 24.3 Å². The summed E-state index contributed by atoms with van der Waals surface area (Å²) in [5.41, 5.74) is 0.699. The summed E-state index contributed by atoms with van der Waals surface area (Å²) in [7, 11) is 0. The molecule has 1 radical (unpaired) electrons. The van der Waals surface area contributed by atoms with Crippen LogP contribution in [0.5, 0.6) is 0 Å². The van der Waals surface area contributed by atoms with Crippen LogP contribution < -0.4 is 0 Å². The summed E-state index contributed by atoms with van der Waals surface area (Å²) in [6.07, 6.45) is 1.16. The van der Waals surface area contributed by atoms with Crippen molar-refractivity contribution in [1.82, 2.24) is 0 Å². The van der Waals surface area contributed by atoms with Crippen LogP contribution in [-0.2, 0) is 0 Å². The number of alkyl halides is 2. The molecule has 0 bridgehead atoms. The lowest BCUT2D eigenvalue weighted by Gasteiger charge is -2.17. The Morgan fingerprint density at radius 1 is 1.08 bits per heavy atom. The van der Waals surface area contributed by atoms with Gasteiger partial charge in [0.05, 0.1) is 5.92 Å². The summed E-state index contributed by atoms with van der Waals surface area (Å²) in [6.45, 7) is 0. The third kappa shape index (κ3) is 1.58. The van der Waals surface area contributed by atoms with E-state index in [2.05, 4.69) is 0 Å². The first-order chi connectivity index (χ1) is 6.20. The van der Waals surface area contributed by atoms with Crippen molar-refractivity contribution in [2.24, 2.45) is 0 Å². The number of hydrogen-bond donors (Lipinski definition) is 0. The summed E-state index contributed by atoms with van der Waals surface area (Å²) in [6, 6.07) is 8.97. The standard InChI is InChI=1S/C11H11F2/c12-11(13)8-4-7-10(11)9-5-2-1-3-6-9/h1-3,5-6H,4,7-8H2. The Morgan fingerprint density at radius 2 is 1.77 bits per heavy atom. The smallest absolute Gasteiger partial charge is 0.206 e. The van der Waals surface area contributed by atoms with Gasteiger partial charge in [-0.25, -0.2) is 8.78 Å². The first kappa shape index (κ1) is 8.67. The van der Waals surface area contributed by atoms with E-state index >= 15 is 0 Å². The fourth-order valence-corrected chi connectivity index (χ4v) is 1.82. The number of hydrogen-bond acceptors (Lipinski definition) is 0. The minimum absolute atomic E-state index is 0.0111. The van der Waals surface area contributed by atoms with Crippen LogP contribution in [0.15, 0.2) is 30.3 Å². The first-order valence-electron chi connectivity index (χ1n) is 4.50. The Balaban J connectivity index is 2.27. The Kier molecular flexibility index (Phi) is 2.06. The molecule has 0 heterocycles. The molecule has 1 fully saturated rings. The van der Waals surface area contributed by atoms with Gasteiger partial charge in [-0.1, -0.05) is 30.3 Å². The van der Waals surface area contributed by atoms with Gasteiger partial charge in [0, 0.05) is 6.42 Å². The number of halogens is 2. The number of benzene rings is 1. The summed E-state index contributed by atoms with van der Waals surface area (Å²) in [5.74, 6) is -2.26. The van der Waals surface area contributed by atoms with E-state index in [1.807, 2.05) is 6.07 Å². The average molecular weight is 181 g/mol. The first-order valence-corrected chi connectivity index (χ1v) is 4.50. The molecule has 13 heavy (non-hydrogen) atoms. The summed E-state index contributed by atoms with van der Waals surface area (Å²) in [5, 5.41) is 0. The monoisotopic (exact) mass is 181 g/mol. The van der Waals surface area contributed by atoms with Crippen molar-refractivity contribution in [1.29, 1.82) is 0 Å². The van der Waals surface area contributed by atoms with Crippen molar-refractivity contribution in [3.8, 4) is 0 Å². The van der Waals surface area contributed by atoms with Crippen molar-refractivity contribution in [3.63, 3.8) is 0 Å². The lowest BCUT2D eigenvalue weighted by molar-refractivity contribution is 0.0320. The maximum Gasteiger partial charge on any atom is 0.258 e. The predicted molar refractivity (Wildman–Crippen MR) is 47.6 cm³/mol. The maximum absolute atomic E-state index is 13.3. The molecule has 0 saturated heterocycles. The third-order valence-electron chi connectivity index (χ3n) is 2.48. The molecule has 0 spiro atoms. The van der Waals surface area contributed by atoms with Crippen LogP contribution >= 0.6 is 0 Å². The predicted octanol–water partition coefficient (Wildman–Crippen LogP) is 3.43. The molecule has 1 aromatic carbocycles. The summed E-state index contributed by atoms with van der Waals surface area (Å²) < 4.78 is 26.5. The van der Waals surface area contributed by atoms with E-state index < -0.39 is 5.92 Å². The van der Waals surface area contributed by atoms with Gasteiger partial charge in [-0.3, -0.25) is 0 Å². The highest BCUT2D eigenvalue weighted by Gasteiger charge is 2.45. The number of rotatable bonds is 1. The lowest BCUT2D eigenvalue weighted by Crippen LogP contribution is -2.20. The zero-order valence-electron chi connectivity index (χ0n) is 7.26. The normalized spacial score (nSPS) is 22.0. The fraction of sp³-hybridized carbons (Fsp3) is 0.364. The van der Waals surface area contributed by atoms with Gasteiger partial charge in [-0.15, -0.1) is 0 Å². The van der Waals surface area contributed by atoms with Crippen molar-refractivity contribution in [3.05, 3.63) is 41.8 Å². The van der Waals surface area contributed by atoms with Crippen LogP contribution in [0.3, 0.4) is 0 Å². The quantitative estimate of drug-likeness (QED) is 0.622. The van der Waals surface area contributed by atoms with E-state index in [-0.39, 0.29) is 6.42 Å². The SMILES string of the molecule is FC1(F)CCC[C]1c1ccccc1. The minimum Gasteiger partial charge on any atom is -0.206 e. The van der Waals surface area contributed by atoms with Crippen molar-refractivity contribution in [2.75, 3.05) is 0 Å². The molecule has 0 atom stereocenters. The third-order valence-corrected chi connectivity index (χ3v) is 2.48. The Labute approximate surface area is 76.6 Å². The van der Waals surface area contributed by atoms with Crippen LogP contribution in [0, 0.1) is 5.92 Å². The molecule has 1 aromatic rings. The second-order valence-corrected chi connectivity index (χ2v) is 3.40. The van der Waals surface area contributed by atoms with Gasteiger partial charge < -0.3 is 0 Å². The Morgan fingerprint density at radius 3 is 2.31 bits per heavy atom. The van der Waals surface area contributed by atoms with E-state index in [0.717, 1.165) is 0 Å². The van der Waals surface area contributed by atoms with Crippen LogP contribution in [0.4, 0.5) is 8.78 Å². The van der Waals surface area contributed by atoms with Gasteiger partial charge in [0.15, 0.2) is 0 Å². The molecule has 2 heteroatoms. The van der Waals surface area contributed by atoms with Crippen LogP contribution in [0.2, 0.25) is 0 Å². The highest BCUT2D eigenvalue weighted by molar-refractivity contribution is 5.36.